The van der Waals surface area contributed by atoms with Crippen LogP contribution in [0.5, 0.6) is 0 Å². The molecule has 0 aliphatic carbocycles. The van der Waals surface area contributed by atoms with Gasteiger partial charge < -0.3 is 24.0 Å². The highest BCUT2D eigenvalue weighted by molar-refractivity contribution is 5.76. The average Bonchev–Trinajstić information content (AvgIpc) is 3.18. The van der Waals surface area contributed by atoms with E-state index < -0.39 is 0 Å². The molecule has 2 atom stereocenters. The monoisotopic (exact) mass is 326 g/mol. The summed E-state index contributed by atoms with van der Waals surface area (Å²) in [7, 11) is 3.51. The summed E-state index contributed by atoms with van der Waals surface area (Å²) in [5, 5.41) is 0. The molecule has 1 spiro atoms. The van der Waals surface area contributed by atoms with Crippen LogP contribution in [0, 0.1) is 5.92 Å². The van der Waals surface area contributed by atoms with Crippen LogP contribution in [-0.2, 0) is 19.0 Å². The zero-order valence-corrected chi connectivity index (χ0v) is 14.5. The van der Waals surface area contributed by atoms with E-state index in [9.17, 15) is 4.79 Å². The summed E-state index contributed by atoms with van der Waals surface area (Å²) in [6.45, 7) is 5.99. The first-order valence-corrected chi connectivity index (χ1v) is 8.82. The highest BCUT2D eigenvalue weighted by Crippen LogP contribution is 2.37. The van der Waals surface area contributed by atoms with E-state index >= 15 is 0 Å². The van der Waals surface area contributed by atoms with Crippen LogP contribution in [0.25, 0.3) is 0 Å². The fourth-order valence-corrected chi connectivity index (χ4v) is 3.81. The highest BCUT2D eigenvalue weighted by atomic mass is 16.6. The van der Waals surface area contributed by atoms with Crippen molar-refractivity contribution in [2.75, 3.05) is 60.2 Å². The van der Waals surface area contributed by atoms with E-state index in [1.807, 2.05) is 0 Å². The number of amides is 1. The number of ether oxygens (including phenoxy) is 3. The lowest BCUT2D eigenvalue weighted by Crippen LogP contribution is -2.45. The van der Waals surface area contributed by atoms with Crippen molar-refractivity contribution in [2.24, 2.45) is 5.92 Å². The summed E-state index contributed by atoms with van der Waals surface area (Å²) in [4.78, 5) is 15.7. The summed E-state index contributed by atoms with van der Waals surface area (Å²) in [5.74, 6) is 0.723. The Kier molecular flexibility index (Phi) is 5.57. The van der Waals surface area contributed by atoms with Gasteiger partial charge >= 0.3 is 0 Å². The molecule has 0 N–H and O–H groups in total. The standard InChI is InChI=1S/C17H30N2O4/c1-18(2)16(20)13-22-15-9-17(23-12-15)4-6-19(7-5-17)10-14-3-8-21-11-14/h14-15H,3-13H2,1-2H3. The van der Waals surface area contributed by atoms with E-state index in [1.165, 1.54) is 6.42 Å². The second kappa shape index (κ2) is 7.47. The number of likely N-dealkylation sites (tertiary alicyclic amines) is 1. The third-order valence-electron chi connectivity index (χ3n) is 5.42. The lowest BCUT2D eigenvalue weighted by atomic mass is 9.87. The number of piperidine rings is 1. The van der Waals surface area contributed by atoms with Crippen LogP contribution in [0.4, 0.5) is 0 Å². The van der Waals surface area contributed by atoms with E-state index in [4.69, 9.17) is 14.2 Å². The van der Waals surface area contributed by atoms with Crippen molar-refractivity contribution in [3.05, 3.63) is 0 Å². The van der Waals surface area contributed by atoms with Gasteiger partial charge in [-0.05, 0) is 25.2 Å². The van der Waals surface area contributed by atoms with Crippen LogP contribution in [0.3, 0.4) is 0 Å². The molecule has 3 rings (SSSR count). The maximum atomic E-state index is 11.6. The van der Waals surface area contributed by atoms with Gasteiger partial charge in [0.2, 0.25) is 5.91 Å². The van der Waals surface area contributed by atoms with Gasteiger partial charge in [-0.3, -0.25) is 4.79 Å². The molecule has 3 aliphatic heterocycles. The first kappa shape index (κ1) is 17.1. The van der Waals surface area contributed by atoms with Gasteiger partial charge in [0.25, 0.3) is 0 Å². The fourth-order valence-electron chi connectivity index (χ4n) is 3.81. The number of carbonyl (C=O) groups is 1. The lowest BCUT2D eigenvalue weighted by molar-refractivity contribution is -0.135. The molecule has 0 aromatic rings. The van der Waals surface area contributed by atoms with Crippen molar-refractivity contribution in [2.45, 2.75) is 37.4 Å². The predicted octanol–water partition coefficient (Wildman–Crippen LogP) is 0.751. The summed E-state index contributed by atoms with van der Waals surface area (Å²) >= 11 is 0. The van der Waals surface area contributed by atoms with Crippen LogP contribution < -0.4 is 0 Å². The smallest absolute Gasteiger partial charge is 0.248 e. The molecular weight excluding hydrogens is 296 g/mol. The molecule has 2 unspecified atom stereocenters. The maximum Gasteiger partial charge on any atom is 0.248 e. The summed E-state index contributed by atoms with van der Waals surface area (Å²) in [5.41, 5.74) is -0.0193. The Hall–Kier alpha value is -0.690. The Balaban J connectivity index is 1.39. The zero-order valence-electron chi connectivity index (χ0n) is 14.5. The Labute approximate surface area is 139 Å². The molecule has 6 heteroatoms. The second-order valence-electron chi connectivity index (χ2n) is 7.45. The first-order chi connectivity index (χ1) is 11.1. The fraction of sp³-hybridized carbons (Fsp3) is 0.941. The molecule has 3 aliphatic rings. The molecule has 0 radical (unpaired) electrons. The Morgan fingerprint density at radius 1 is 1.30 bits per heavy atom. The van der Waals surface area contributed by atoms with Gasteiger partial charge in [0, 0.05) is 46.8 Å². The molecular formula is C17H30N2O4. The molecule has 0 aromatic carbocycles. The van der Waals surface area contributed by atoms with Crippen LogP contribution in [0.2, 0.25) is 0 Å². The van der Waals surface area contributed by atoms with Crippen molar-refractivity contribution in [1.82, 2.24) is 9.80 Å². The van der Waals surface area contributed by atoms with Crippen molar-refractivity contribution in [1.29, 1.82) is 0 Å². The molecule has 23 heavy (non-hydrogen) atoms. The van der Waals surface area contributed by atoms with E-state index in [2.05, 4.69) is 4.90 Å². The molecule has 0 saturated carbocycles. The third kappa shape index (κ3) is 4.44. The van der Waals surface area contributed by atoms with Gasteiger partial charge in [0.05, 0.1) is 24.9 Å². The maximum absolute atomic E-state index is 11.6. The number of nitrogens with zero attached hydrogens (tertiary/aromatic N) is 2. The van der Waals surface area contributed by atoms with Crippen LogP contribution >= 0.6 is 0 Å². The lowest BCUT2D eigenvalue weighted by Gasteiger charge is -2.39. The minimum Gasteiger partial charge on any atom is -0.381 e. The number of hydrogen-bond donors (Lipinski definition) is 0. The minimum atomic E-state index is -0.0193. The average molecular weight is 326 g/mol. The third-order valence-corrected chi connectivity index (χ3v) is 5.42. The van der Waals surface area contributed by atoms with E-state index in [-0.39, 0.29) is 24.2 Å². The number of carbonyl (C=O) groups excluding carboxylic acids is 1. The molecule has 0 bridgehead atoms. The molecule has 6 nitrogen and oxygen atoms in total. The molecule has 132 valence electrons. The van der Waals surface area contributed by atoms with Crippen LogP contribution in [0.15, 0.2) is 0 Å². The molecule has 3 fully saturated rings. The summed E-state index contributed by atoms with van der Waals surface area (Å²) in [6, 6.07) is 0. The topological polar surface area (TPSA) is 51.2 Å². The minimum absolute atomic E-state index is 0.0135. The number of hydrogen-bond acceptors (Lipinski definition) is 5. The van der Waals surface area contributed by atoms with Gasteiger partial charge in [-0.25, -0.2) is 0 Å². The first-order valence-electron chi connectivity index (χ1n) is 8.82. The summed E-state index contributed by atoms with van der Waals surface area (Å²) in [6.07, 6.45) is 4.33. The van der Waals surface area contributed by atoms with E-state index in [1.54, 1.807) is 19.0 Å². The Morgan fingerprint density at radius 2 is 2.09 bits per heavy atom. The number of likely N-dealkylation sites (N-methyl/N-ethyl adjacent to an activating group) is 1. The zero-order chi connectivity index (χ0) is 16.3. The Bertz CT molecular complexity index is 401. The summed E-state index contributed by atoms with van der Waals surface area (Å²) < 4.78 is 17.3. The largest absolute Gasteiger partial charge is 0.381 e. The SMILES string of the molecule is CN(C)C(=O)COC1COC2(CCN(CC3CCOC3)CC2)C1. The highest BCUT2D eigenvalue weighted by Gasteiger charge is 2.43. The second-order valence-corrected chi connectivity index (χ2v) is 7.45. The van der Waals surface area contributed by atoms with E-state index in [0.29, 0.717) is 12.5 Å². The van der Waals surface area contributed by atoms with Gasteiger partial charge in [-0.2, -0.15) is 0 Å². The van der Waals surface area contributed by atoms with Crippen LogP contribution in [0.1, 0.15) is 25.7 Å². The van der Waals surface area contributed by atoms with Gasteiger partial charge in [-0.15, -0.1) is 0 Å². The van der Waals surface area contributed by atoms with Crippen molar-refractivity contribution >= 4 is 5.91 Å². The number of rotatable bonds is 5. The van der Waals surface area contributed by atoms with Crippen molar-refractivity contribution < 1.29 is 19.0 Å². The van der Waals surface area contributed by atoms with Gasteiger partial charge in [-0.1, -0.05) is 0 Å². The Morgan fingerprint density at radius 3 is 2.74 bits per heavy atom. The normalized spacial score (nSPS) is 30.9. The molecule has 3 heterocycles. The van der Waals surface area contributed by atoms with Crippen molar-refractivity contribution in [3.63, 3.8) is 0 Å². The predicted molar refractivity (Wildman–Crippen MR) is 86.3 cm³/mol. The quantitative estimate of drug-likeness (QED) is 0.746. The molecule has 3 saturated heterocycles. The van der Waals surface area contributed by atoms with E-state index in [0.717, 1.165) is 52.1 Å². The molecule has 1 amide bonds. The van der Waals surface area contributed by atoms with Gasteiger partial charge in [0.15, 0.2) is 0 Å². The van der Waals surface area contributed by atoms with Crippen LogP contribution in [-0.4, -0.2) is 87.6 Å². The molecule has 0 aromatic heterocycles. The van der Waals surface area contributed by atoms with Crippen molar-refractivity contribution in [3.8, 4) is 0 Å². The van der Waals surface area contributed by atoms with Gasteiger partial charge in [0.1, 0.15) is 6.61 Å².